The fourth-order valence-corrected chi connectivity index (χ4v) is 3.99. The Morgan fingerprint density at radius 1 is 1.26 bits per heavy atom. The molecule has 0 saturated heterocycles. The minimum absolute atomic E-state index is 0.0113. The summed E-state index contributed by atoms with van der Waals surface area (Å²) in [5, 5.41) is 7.62. The van der Waals surface area contributed by atoms with E-state index in [1.807, 2.05) is 27.8 Å². The Morgan fingerprint density at radius 3 is 2.89 bits per heavy atom. The predicted octanol–water partition coefficient (Wildman–Crippen LogP) is 1.73. The molecule has 2 heterocycles. The molecule has 1 aromatic heterocycles. The lowest BCUT2D eigenvalue weighted by molar-refractivity contribution is -0.122. The van der Waals surface area contributed by atoms with E-state index in [4.69, 9.17) is 0 Å². The monoisotopic (exact) mass is 367 g/mol. The molecule has 27 heavy (non-hydrogen) atoms. The summed E-state index contributed by atoms with van der Waals surface area (Å²) in [5.74, 6) is 0.00183. The average Bonchev–Trinajstić information content (AvgIpc) is 3.28. The van der Waals surface area contributed by atoms with Gasteiger partial charge < -0.3 is 15.1 Å². The zero-order chi connectivity index (χ0) is 19.0. The van der Waals surface area contributed by atoms with Gasteiger partial charge in [-0.05, 0) is 30.0 Å². The predicted molar refractivity (Wildman–Crippen MR) is 101 cm³/mol. The number of hydrogen-bond donors (Lipinski definition) is 1. The zero-order valence-corrected chi connectivity index (χ0v) is 15.8. The van der Waals surface area contributed by atoms with Gasteiger partial charge in [-0.15, -0.1) is 0 Å². The first-order chi connectivity index (χ1) is 13.0. The van der Waals surface area contributed by atoms with Crippen LogP contribution >= 0.6 is 0 Å². The molecular weight excluding hydrogens is 342 g/mol. The summed E-state index contributed by atoms with van der Waals surface area (Å²) < 4.78 is 1.94. The lowest BCUT2D eigenvalue weighted by atomic mass is 10.0. The van der Waals surface area contributed by atoms with Crippen molar-refractivity contribution in [3.05, 3.63) is 52.8 Å². The van der Waals surface area contributed by atoms with Crippen LogP contribution in [0, 0.1) is 0 Å². The van der Waals surface area contributed by atoms with E-state index in [2.05, 4.69) is 22.5 Å². The number of carbonyl (C=O) groups excluding carboxylic acids is 2. The molecule has 2 aliphatic rings. The number of nitrogens with zero attached hydrogens (tertiary/aromatic N) is 4. The first-order valence-corrected chi connectivity index (χ1v) is 9.40. The van der Waals surface area contributed by atoms with E-state index >= 15 is 0 Å². The van der Waals surface area contributed by atoms with Crippen LogP contribution in [0.2, 0.25) is 0 Å². The number of urea groups is 1. The molecule has 1 aliphatic carbocycles. The van der Waals surface area contributed by atoms with Gasteiger partial charge in [0, 0.05) is 20.6 Å². The molecule has 142 valence electrons. The summed E-state index contributed by atoms with van der Waals surface area (Å²) >= 11 is 0. The molecule has 0 radical (unpaired) electrons. The number of benzene rings is 1. The van der Waals surface area contributed by atoms with E-state index in [1.54, 1.807) is 19.0 Å². The molecule has 1 aromatic carbocycles. The Labute approximate surface area is 158 Å². The average molecular weight is 367 g/mol. The maximum Gasteiger partial charge on any atom is 0.319 e. The van der Waals surface area contributed by atoms with Crippen molar-refractivity contribution < 1.29 is 9.59 Å². The summed E-state index contributed by atoms with van der Waals surface area (Å²) in [6.45, 7) is 2.29. The zero-order valence-electron chi connectivity index (χ0n) is 15.8. The van der Waals surface area contributed by atoms with E-state index in [9.17, 15) is 9.59 Å². The number of hydrogen-bond acceptors (Lipinski definition) is 3. The van der Waals surface area contributed by atoms with Crippen molar-refractivity contribution in [2.24, 2.45) is 0 Å². The second-order valence-corrected chi connectivity index (χ2v) is 7.46. The third-order valence-electron chi connectivity index (χ3n) is 5.39. The molecular formula is C20H25N5O2. The second kappa shape index (κ2) is 7.06. The minimum atomic E-state index is -0.0633. The Balaban J connectivity index is 1.38. The Bertz CT molecular complexity index is 873. The number of aryl methyl sites for hydroxylation is 1. The largest absolute Gasteiger partial charge is 0.350 e. The topological polar surface area (TPSA) is 70.5 Å². The lowest BCUT2D eigenvalue weighted by Gasteiger charge is -2.29. The molecule has 2 aromatic rings. The second-order valence-electron chi connectivity index (χ2n) is 7.46. The van der Waals surface area contributed by atoms with Gasteiger partial charge in [0.1, 0.15) is 0 Å². The van der Waals surface area contributed by atoms with Crippen LogP contribution in [0.5, 0.6) is 0 Å². The SMILES string of the molecule is CN(C)C(=O)N1CCn2nc(CNC(=O)C3CCc4ccccc43)cc2C1. The van der Waals surface area contributed by atoms with Crippen LogP contribution in [-0.2, 0) is 30.8 Å². The summed E-state index contributed by atoms with van der Waals surface area (Å²) in [4.78, 5) is 28.2. The highest BCUT2D eigenvalue weighted by molar-refractivity contribution is 5.84. The number of aromatic nitrogens is 2. The van der Waals surface area contributed by atoms with Crippen molar-refractivity contribution in [2.75, 3.05) is 20.6 Å². The number of nitrogens with one attached hydrogen (secondary N) is 1. The summed E-state index contributed by atoms with van der Waals surface area (Å²) in [6.07, 6.45) is 1.83. The standard InChI is InChI=1S/C20H25N5O2/c1-23(2)20(27)24-9-10-25-16(13-24)11-15(22-25)12-21-19(26)18-8-7-14-5-3-4-6-17(14)18/h3-6,11,18H,7-10,12-13H2,1-2H3,(H,21,26). The van der Waals surface area contributed by atoms with Gasteiger partial charge in [0.15, 0.2) is 0 Å². The van der Waals surface area contributed by atoms with E-state index in [0.717, 1.165) is 29.8 Å². The van der Waals surface area contributed by atoms with Gasteiger partial charge in [0.05, 0.1) is 36.9 Å². The third-order valence-corrected chi connectivity index (χ3v) is 5.39. The molecule has 1 atom stereocenters. The molecule has 0 bridgehead atoms. The number of carbonyl (C=O) groups is 2. The summed E-state index contributed by atoms with van der Waals surface area (Å²) in [6, 6.07) is 10.2. The van der Waals surface area contributed by atoms with Crippen LogP contribution in [0.3, 0.4) is 0 Å². The fraction of sp³-hybridized carbons (Fsp3) is 0.450. The molecule has 7 nitrogen and oxygen atoms in total. The maximum absolute atomic E-state index is 12.6. The quantitative estimate of drug-likeness (QED) is 0.898. The van der Waals surface area contributed by atoms with Crippen LogP contribution in [0.1, 0.15) is 34.9 Å². The first-order valence-electron chi connectivity index (χ1n) is 9.40. The summed E-state index contributed by atoms with van der Waals surface area (Å²) in [7, 11) is 3.52. The van der Waals surface area contributed by atoms with Gasteiger partial charge in [-0.2, -0.15) is 5.10 Å². The molecule has 1 unspecified atom stereocenters. The molecule has 7 heteroatoms. The normalized spacial score (nSPS) is 18.0. The van der Waals surface area contributed by atoms with Gasteiger partial charge in [-0.1, -0.05) is 24.3 Å². The molecule has 4 rings (SSSR count). The summed E-state index contributed by atoms with van der Waals surface area (Å²) in [5.41, 5.74) is 4.27. The fourth-order valence-electron chi connectivity index (χ4n) is 3.99. The maximum atomic E-state index is 12.6. The first kappa shape index (κ1) is 17.6. The van der Waals surface area contributed by atoms with Gasteiger partial charge in [-0.25, -0.2) is 4.79 Å². The molecule has 0 saturated carbocycles. The smallest absolute Gasteiger partial charge is 0.319 e. The van der Waals surface area contributed by atoms with Gasteiger partial charge in [0.25, 0.3) is 0 Å². The molecule has 0 spiro atoms. The van der Waals surface area contributed by atoms with Crippen molar-refractivity contribution in [3.63, 3.8) is 0 Å². The Hall–Kier alpha value is -2.83. The highest BCUT2D eigenvalue weighted by Crippen LogP contribution is 2.32. The van der Waals surface area contributed by atoms with E-state index in [1.165, 1.54) is 5.56 Å². The van der Waals surface area contributed by atoms with Crippen LogP contribution in [0.4, 0.5) is 4.79 Å². The van der Waals surface area contributed by atoms with Crippen molar-refractivity contribution in [1.82, 2.24) is 24.9 Å². The molecule has 1 aliphatic heterocycles. The van der Waals surface area contributed by atoms with E-state index in [0.29, 0.717) is 26.2 Å². The highest BCUT2D eigenvalue weighted by Gasteiger charge is 2.28. The van der Waals surface area contributed by atoms with E-state index < -0.39 is 0 Å². The minimum Gasteiger partial charge on any atom is -0.350 e. The van der Waals surface area contributed by atoms with Gasteiger partial charge in [-0.3, -0.25) is 9.48 Å². The third kappa shape index (κ3) is 3.41. The van der Waals surface area contributed by atoms with Crippen LogP contribution in [0.25, 0.3) is 0 Å². The van der Waals surface area contributed by atoms with Crippen molar-refractivity contribution in [2.45, 2.75) is 38.4 Å². The van der Waals surface area contributed by atoms with Gasteiger partial charge >= 0.3 is 6.03 Å². The Kier molecular flexibility index (Phi) is 4.59. The number of fused-ring (bicyclic) bond motifs is 2. The van der Waals surface area contributed by atoms with Gasteiger partial charge in [0.2, 0.25) is 5.91 Å². The van der Waals surface area contributed by atoms with Crippen LogP contribution < -0.4 is 5.32 Å². The molecule has 1 N–H and O–H groups in total. The van der Waals surface area contributed by atoms with Crippen LogP contribution in [-0.4, -0.2) is 52.2 Å². The Morgan fingerprint density at radius 2 is 2.07 bits per heavy atom. The number of amides is 3. The van der Waals surface area contributed by atoms with Crippen molar-refractivity contribution in [1.29, 1.82) is 0 Å². The van der Waals surface area contributed by atoms with E-state index in [-0.39, 0.29) is 17.9 Å². The lowest BCUT2D eigenvalue weighted by Crippen LogP contribution is -2.43. The highest BCUT2D eigenvalue weighted by atomic mass is 16.2. The number of rotatable bonds is 3. The molecule has 0 fully saturated rings. The van der Waals surface area contributed by atoms with Crippen molar-refractivity contribution in [3.8, 4) is 0 Å². The molecule has 3 amide bonds. The van der Waals surface area contributed by atoms with Crippen LogP contribution in [0.15, 0.2) is 30.3 Å². The van der Waals surface area contributed by atoms with Crippen molar-refractivity contribution >= 4 is 11.9 Å².